The molecule has 1 aromatic rings. The van der Waals surface area contributed by atoms with Crippen molar-refractivity contribution in [3.8, 4) is 0 Å². The van der Waals surface area contributed by atoms with Gasteiger partial charge in [0.1, 0.15) is 5.03 Å². The van der Waals surface area contributed by atoms with Crippen LogP contribution >= 0.6 is 11.8 Å². The lowest BCUT2D eigenvalue weighted by molar-refractivity contribution is -0.191. The number of aromatic nitrogens is 1. The number of hydrogen-bond acceptors (Lipinski definition) is 5. The molecule has 6 heteroatoms. The van der Waals surface area contributed by atoms with Gasteiger partial charge in [-0.3, -0.25) is 9.59 Å². The minimum Gasteiger partial charge on any atom is -0.380 e. The standard InChI is InChI=1S/C26H36N2O3S/c1-25-13-12-18-16(8-11-20-26(18,2)21(31-4)15-23(29)28(20)3)17(25)9-10-19(25)24(30)32-22-7-5-6-14-27-22/h5-7,14,16-21H,8-13,15H2,1-4H3/t16-,17-,18-,19+,20+,21-,25-,26+/m0/s1. The van der Waals surface area contributed by atoms with Gasteiger partial charge in [-0.25, -0.2) is 4.98 Å². The van der Waals surface area contributed by atoms with Gasteiger partial charge in [0, 0.05) is 37.7 Å². The highest BCUT2D eigenvalue weighted by Gasteiger charge is 2.64. The van der Waals surface area contributed by atoms with Gasteiger partial charge >= 0.3 is 0 Å². The molecule has 3 saturated carbocycles. The Morgan fingerprint density at radius 1 is 1.16 bits per heavy atom. The van der Waals surface area contributed by atoms with Crippen molar-refractivity contribution in [2.45, 2.75) is 76.0 Å². The Morgan fingerprint density at radius 2 is 1.97 bits per heavy atom. The number of hydrogen-bond donors (Lipinski definition) is 0. The SMILES string of the molecule is CO[C@H]1CC(=O)N(C)[C@@H]2CC[C@H]3[C@@H]4CC[C@H](C(=O)Sc5ccccn5)[C@@]4(C)CC[C@@H]3[C@@]12C. The molecule has 4 fully saturated rings. The molecule has 1 aliphatic heterocycles. The van der Waals surface area contributed by atoms with Gasteiger partial charge in [0.25, 0.3) is 0 Å². The number of carbonyl (C=O) groups excluding carboxylic acids is 2. The van der Waals surface area contributed by atoms with E-state index in [2.05, 4.69) is 18.8 Å². The molecule has 0 N–H and O–H groups in total. The monoisotopic (exact) mass is 456 g/mol. The summed E-state index contributed by atoms with van der Waals surface area (Å²) in [5.41, 5.74) is 0.0641. The maximum atomic E-state index is 13.4. The molecular weight excluding hydrogens is 420 g/mol. The predicted octanol–water partition coefficient (Wildman–Crippen LogP) is 4.80. The van der Waals surface area contributed by atoms with E-state index >= 15 is 0 Å². The van der Waals surface area contributed by atoms with Gasteiger partial charge in [-0.05, 0) is 85.6 Å². The lowest BCUT2D eigenvalue weighted by Crippen LogP contribution is -2.66. The van der Waals surface area contributed by atoms with Crippen LogP contribution in [0.15, 0.2) is 29.4 Å². The summed E-state index contributed by atoms with van der Waals surface area (Å²) in [5.74, 6) is 2.08. The third kappa shape index (κ3) is 3.19. The van der Waals surface area contributed by atoms with E-state index < -0.39 is 0 Å². The first kappa shape index (κ1) is 22.4. The van der Waals surface area contributed by atoms with E-state index in [4.69, 9.17) is 4.74 Å². The smallest absolute Gasteiger partial charge is 0.225 e. The highest BCUT2D eigenvalue weighted by Crippen LogP contribution is 2.66. The van der Waals surface area contributed by atoms with Crippen LogP contribution in [0.4, 0.5) is 0 Å². The fourth-order valence-corrected chi connectivity index (χ4v) is 9.43. The normalized spacial score (nSPS) is 43.4. The summed E-state index contributed by atoms with van der Waals surface area (Å²) in [5, 5.41) is 1.11. The van der Waals surface area contributed by atoms with Gasteiger partial charge in [-0.1, -0.05) is 19.9 Å². The number of methoxy groups -OCH3 is 1. The molecule has 5 nitrogen and oxygen atoms in total. The number of ether oxygens (including phenoxy) is 1. The Balaban J connectivity index is 1.40. The number of rotatable bonds is 3. The molecule has 4 aliphatic rings. The number of fused-ring (bicyclic) bond motifs is 5. The summed E-state index contributed by atoms with van der Waals surface area (Å²) in [7, 11) is 3.77. The first-order chi connectivity index (χ1) is 15.3. The van der Waals surface area contributed by atoms with Crippen molar-refractivity contribution >= 4 is 22.8 Å². The average Bonchev–Trinajstić information content (AvgIpc) is 3.14. The fraction of sp³-hybridized carbons (Fsp3) is 0.731. The molecule has 5 rings (SSSR count). The van der Waals surface area contributed by atoms with E-state index in [9.17, 15) is 9.59 Å². The zero-order valence-corrected chi connectivity index (χ0v) is 20.6. The molecule has 0 aromatic carbocycles. The van der Waals surface area contributed by atoms with Crippen LogP contribution in [0.3, 0.4) is 0 Å². The number of thioether (sulfide) groups is 1. The van der Waals surface area contributed by atoms with E-state index in [0.717, 1.165) is 43.6 Å². The molecule has 1 amide bonds. The lowest BCUT2D eigenvalue weighted by Gasteiger charge is -2.63. The lowest BCUT2D eigenvalue weighted by atomic mass is 9.46. The van der Waals surface area contributed by atoms with Gasteiger partial charge in [0.2, 0.25) is 5.91 Å². The molecule has 3 aliphatic carbocycles. The highest BCUT2D eigenvalue weighted by atomic mass is 32.2. The summed E-state index contributed by atoms with van der Waals surface area (Å²) >= 11 is 1.33. The molecule has 1 saturated heterocycles. The van der Waals surface area contributed by atoms with Crippen molar-refractivity contribution in [1.82, 2.24) is 9.88 Å². The highest BCUT2D eigenvalue weighted by molar-refractivity contribution is 8.13. The van der Waals surface area contributed by atoms with Crippen molar-refractivity contribution in [3.63, 3.8) is 0 Å². The number of nitrogens with zero attached hydrogens (tertiary/aromatic N) is 2. The summed E-state index contributed by atoms with van der Waals surface area (Å²) in [6.07, 6.45) is 8.82. The van der Waals surface area contributed by atoms with Gasteiger partial charge < -0.3 is 9.64 Å². The van der Waals surface area contributed by atoms with E-state index in [0.29, 0.717) is 29.3 Å². The average molecular weight is 457 g/mol. The second kappa shape index (κ2) is 8.12. The van der Waals surface area contributed by atoms with Crippen molar-refractivity contribution in [2.75, 3.05) is 14.2 Å². The van der Waals surface area contributed by atoms with E-state index in [1.807, 2.05) is 30.1 Å². The van der Waals surface area contributed by atoms with Gasteiger partial charge in [0.15, 0.2) is 5.12 Å². The Morgan fingerprint density at radius 3 is 2.69 bits per heavy atom. The van der Waals surface area contributed by atoms with Crippen LogP contribution < -0.4 is 0 Å². The molecule has 174 valence electrons. The van der Waals surface area contributed by atoms with Gasteiger partial charge in [-0.15, -0.1) is 0 Å². The number of pyridine rings is 1. The molecular formula is C26H36N2O3S. The van der Waals surface area contributed by atoms with E-state index in [-0.39, 0.29) is 34.8 Å². The molecule has 0 radical (unpaired) electrons. The third-order valence-corrected chi connectivity index (χ3v) is 11.0. The maximum Gasteiger partial charge on any atom is 0.225 e. The summed E-state index contributed by atoms with van der Waals surface area (Å²) < 4.78 is 5.98. The number of amides is 1. The van der Waals surface area contributed by atoms with Crippen molar-refractivity contribution in [1.29, 1.82) is 0 Å². The molecule has 2 heterocycles. The Kier molecular flexibility index (Phi) is 5.68. The van der Waals surface area contributed by atoms with Crippen LogP contribution in [-0.4, -0.2) is 47.2 Å². The van der Waals surface area contributed by atoms with E-state index in [1.54, 1.807) is 13.3 Å². The zero-order chi connectivity index (χ0) is 22.7. The van der Waals surface area contributed by atoms with Crippen LogP contribution in [0.2, 0.25) is 0 Å². The van der Waals surface area contributed by atoms with Crippen LogP contribution in [0.5, 0.6) is 0 Å². The minimum atomic E-state index is -0.00750. The summed E-state index contributed by atoms with van der Waals surface area (Å²) in [6.45, 7) is 4.78. The summed E-state index contributed by atoms with van der Waals surface area (Å²) in [6, 6.07) is 6.04. The molecule has 1 aromatic heterocycles. The topological polar surface area (TPSA) is 59.5 Å². The van der Waals surface area contributed by atoms with Crippen molar-refractivity contribution in [2.24, 2.45) is 34.5 Å². The first-order valence-electron chi connectivity index (χ1n) is 12.2. The maximum absolute atomic E-state index is 13.4. The molecule has 0 unspecified atom stereocenters. The van der Waals surface area contributed by atoms with Crippen LogP contribution in [-0.2, 0) is 14.3 Å². The van der Waals surface area contributed by atoms with Crippen molar-refractivity contribution in [3.05, 3.63) is 24.4 Å². The molecule has 0 spiro atoms. The predicted molar refractivity (Wildman–Crippen MR) is 125 cm³/mol. The number of piperidine rings is 1. The largest absolute Gasteiger partial charge is 0.380 e. The zero-order valence-electron chi connectivity index (χ0n) is 19.8. The quantitative estimate of drug-likeness (QED) is 0.611. The third-order valence-electron chi connectivity index (χ3n) is 10.1. The Hall–Kier alpha value is -1.40. The van der Waals surface area contributed by atoms with Gasteiger partial charge in [0.05, 0.1) is 12.5 Å². The van der Waals surface area contributed by atoms with E-state index in [1.165, 1.54) is 11.8 Å². The van der Waals surface area contributed by atoms with Crippen LogP contribution in [0.25, 0.3) is 0 Å². The second-order valence-corrected chi connectivity index (χ2v) is 12.1. The van der Waals surface area contributed by atoms with Crippen molar-refractivity contribution < 1.29 is 14.3 Å². The fourth-order valence-electron chi connectivity index (χ4n) is 8.44. The number of carbonyl (C=O) groups is 2. The molecule has 32 heavy (non-hydrogen) atoms. The van der Waals surface area contributed by atoms with Gasteiger partial charge in [-0.2, -0.15) is 0 Å². The Bertz CT molecular complexity index is 894. The second-order valence-electron chi connectivity index (χ2n) is 11.0. The number of likely N-dealkylation sites (tertiary alicyclic amines) is 1. The first-order valence-corrected chi connectivity index (χ1v) is 13.0. The molecule has 8 atom stereocenters. The minimum absolute atomic E-state index is 0.00748. The van der Waals surface area contributed by atoms with Crippen LogP contribution in [0, 0.1) is 34.5 Å². The molecule has 0 bridgehead atoms. The summed E-state index contributed by atoms with van der Waals surface area (Å²) in [4.78, 5) is 32.4. The van der Waals surface area contributed by atoms with Crippen LogP contribution in [0.1, 0.15) is 58.8 Å². The Labute approximate surface area is 196 Å².